The number of urea groups is 1. The predicted octanol–water partition coefficient (Wildman–Crippen LogP) is 1.74. The van der Waals surface area contributed by atoms with Gasteiger partial charge in [-0.3, -0.25) is 4.79 Å². The van der Waals surface area contributed by atoms with Crippen LogP contribution in [-0.2, 0) is 4.79 Å². The fourth-order valence-corrected chi connectivity index (χ4v) is 2.85. The van der Waals surface area contributed by atoms with E-state index in [-0.39, 0.29) is 11.3 Å². The number of allylic oxidation sites excluding steroid dienone is 2. The molecule has 2 aliphatic rings. The fourth-order valence-electron chi connectivity index (χ4n) is 2.85. The van der Waals surface area contributed by atoms with E-state index in [2.05, 4.69) is 5.10 Å². The molecular formula is C18H18N6O2. The minimum atomic E-state index is -0.613. The SMILES string of the molecule is CN(C)C(=O)N1N=C(C#N)/C(=C\C=C2N(C)c3ccccc3N2C)C1=O. The van der Waals surface area contributed by atoms with Gasteiger partial charge in [0.15, 0.2) is 5.71 Å². The molecule has 2 heterocycles. The molecule has 2 aliphatic heterocycles. The molecule has 0 saturated heterocycles. The summed E-state index contributed by atoms with van der Waals surface area (Å²) < 4.78 is 0. The van der Waals surface area contributed by atoms with Crippen molar-refractivity contribution in [3.05, 3.63) is 47.8 Å². The van der Waals surface area contributed by atoms with E-state index in [0.717, 1.165) is 17.2 Å². The number of imide groups is 1. The first kappa shape index (κ1) is 17.2. The molecule has 26 heavy (non-hydrogen) atoms. The van der Waals surface area contributed by atoms with Crippen LogP contribution in [0.2, 0.25) is 0 Å². The highest BCUT2D eigenvalue weighted by Gasteiger charge is 2.35. The van der Waals surface area contributed by atoms with Crippen LogP contribution in [0, 0.1) is 11.3 Å². The second-order valence-corrected chi connectivity index (χ2v) is 6.07. The fraction of sp³-hybridized carbons (Fsp3) is 0.222. The maximum atomic E-state index is 12.5. The molecule has 1 aromatic rings. The molecule has 0 aliphatic carbocycles. The second kappa shape index (κ2) is 6.37. The number of fused-ring (bicyclic) bond motifs is 1. The minimum Gasteiger partial charge on any atom is -0.329 e. The summed E-state index contributed by atoms with van der Waals surface area (Å²) in [5.74, 6) is 0.221. The van der Waals surface area contributed by atoms with Gasteiger partial charge in [0.25, 0.3) is 5.91 Å². The molecule has 0 aromatic heterocycles. The van der Waals surface area contributed by atoms with Crippen molar-refractivity contribution in [2.75, 3.05) is 38.0 Å². The number of hydrogen-bond acceptors (Lipinski definition) is 6. The van der Waals surface area contributed by atoms with Gasteiger partial charge in [-0.25, -0.2) is 4.79 Å². The van der Waals surface area contributed by atoms with Gasteiger partial charge >= 0.3 is 6.03 Å². The molecule has 8 heteroatoms. The molecule has 0 radical (unpaired) electrons. The van der Waals surface area contributed by atoms with Crippen LogP contribution in [0.15, 0.2) is 52.9 Å². The first-order valence-electron chi connectivity index (χ1n) is 7.90. The van der Waals surface area contributed by atoms with Gasteiger partial charge in [0, 0.05) is 28.2 Å². The van der Waals surface area contributed by atoms with Crippen LogP contribution in [-0.4, -0.2) is 55.7 Å². The largest absolute Gasteiger partial charge is 0.347 e. The van der Waals surface area contributed by atoms with Crippen molar-refractivity contribution in [2.24, 2.45) is 5.10 Å². The van der Waals surface area contributed by atoms with Crippen molar-refractivity contribution in [2.45, 2.75) is 0 Å². The Morgan fingerprint density at radius 3 is 2.23 bits per heavy atom. The van der Waals surface area contributed by atoms with E-state index < -0.39 is 11.9 Å². The lowest BCUT2D eigenvalue weighted by Gasteiger charge is -2.18. The number of nitrogens with zero attached hydrogens (tertiary/aromatic N) is 6. The summed E-state index contributed by atoms with van der Waals surface area (Å²) >= 11 is 0. The van der Waals surface area contributed by atoms with Gasteiger partial charge in [0.1, 0.15) is 11.9 Å². The predicted molar refractivity (Wildman–Crippen MR) is 98.4 cm³/mol. The number of para-hydroxylation sites is 2. The van der Waals surface area contributed by atoms with Crippen LogP contribution in [0.5, 0.6) is 0 Å². The molecule has 8 nitrogen and oxygen atoms in total. The highest BCUT2D eigenvalue weighted by molar-refractivity contribution is 6.32. The van der Waals surface area contributed by atoms with Gasteiger partial charge < -0.3 is 14.7 Å². The highest BCUT2D eigenvalue weighted by Crippen LogP contribution is 2.39. The van der Waals surface area contributed by atoms with Gasteiger partial charge in [-0.05, 0) is 24.3 Å². The standard InChI is InChI=1S/C18H18N6O2/c1-21(2)18(26)24-17(25)12(13(11-19)20-24)9-10-16-22(3)14-7-5-6-8-15(14)23(16)4/h5-10H,1-4H3/b12-9+. The third-order valence-electron chi connectivity index (χ3n) is 4.24. The summed E-state index contributed by atoms with van der Waals surface area (Å²) in [5.41, 5.74) is 2.09. The van der Waals surface area contributed by atoms with Crippen LogP contribution in [0.3, 0.4) is 0 Å². The molecule has 0 saturated carbocycles. The van der Waals surface area contributed by atoms with Crippen LogP contribution in [0.4, 0.5) is 16.2 Å². The lowest BCUT2D eigenvalue weighted by molar-refractivity contribution is -0.123. The zero-order valence-electron chi connectivity index (χ0n) is 15.0. The van der Waals surface area contributed by atoms with Crippen molar-refractivity contribution >= 4 is 29.0 Å². The van der Waals surface area contributed by atoms with Crippen molar-refractivity contribution in [1.82, 2.24) is 9.91 Å². The zero-order valence-corrected chi connectivity index (χ0v) is 15.0. The van der Waals surface area contributed by atoms with Crippen LogP contribution >= 0.6 is 0 Å². The van der Waals surface area contributed by atoms with Crippen molar-refractivity contribution in [3.8, 4) is 6.07 Å². The molecule has 132 valence electrons. The van der Waals surface area contributed by atoms with Crippen LogP contribution in [0.25, 0.3) is 0 Å². The van der Waals surface area contributed by atoms with Crippen molar-refractivity contribution in [3.63, 3.8) is 0 Å². The third-order valence-corrected chi connectivity index (χ3v) is 4.24. The first-order chi connectivity index (χ1) is 12.4. The second-order valence-electron chi connectivity index (χ2n) is 6.07. The average molecular weight is 350 g/mol. The Kier molecular flexibility index (Phi) is 4.22. The molecule has 0 spiro atoms. The molecule has 0 bridgehead atoms. The zero-order chi connectivity index (χ0) is 19.0. The number of hydrogen-bond donors (Lipinski definition) is 0. The van der Waals surface area contributed by atoms with E-state index in [1.807, 2.05) is 54.2 Å². The van der Waals surface area contributed by atoms with Crippen molar-refractivity contribution in [1.29, 1.82) is 5.26 Å². The molecule has 0 unspecified atom stereocenters. The Morgan fingerprint density at radius 2 is 1.73 bits per heavy atom. The summed E-state index contributed by atoms with van der Waals surface area (Å²) in [4.78, 5) is 29.7. The number of carbonyl (C=O) groups excluding carboxylic acids is 2. The van der Waals surface area contributed by atoms with Crippen LogP contribution < -0.4 is 9.80 Å². The summed E-state index contributed by atoms with van der Waals surface area (Å²) in [6.07, 6.45) is 3.27. The molecule has 0 N–H and O–H groups in total. The Bertz CT molecular complexity index is 891. The lowest BCUT2D eigenvalue weighted by atomic mass is 10.1. The lowest BCUT2D eigenvalue weighted by Crippen LogP contribution is -2.37. The topological polar surface area (TPSA) is 83.2 Å². The van der Waals surface area contributed by atoms with Gasteiger partial charge in [-0.1, -0.05) is 12.1 Å². The average Bonchev–Trinajstić information content (AvgIpc) is 3.08. The minimum absolute atomic E-state index is 0.0807. The van der Waals surface area contributed by atoms with E-state index in [9.17, 15) is 14.9 Å². The normalized spacial score (nSPS) is 17.4. The molecule has 1 aromatic carbocycles. The number of nitriles is 1. The Morgan fingerprint density at radius 1 is 1.15 bits per heavy atom. The van der Waals surface area contributed by atoms with E-state index >= 15 is 0 Å². The van der Waals surface area contributed by atoms with E-state index in [1.54, 1.807) is 6.08 Å². The number of benzene rings is 1. The Balaban J connectivity index is 1.95. The van der Waals surface area contributed by atoms with E-state index in [4.69, 9.17) is 0 Å². The Labute approximate surface area is 151 Å². The first-order valence-corrected chi connectivity index (χ1v) is 7.90. The van der Waals surface area contributed by atoms with E-state index in [1.165, 1.54) is 25.1 Å². The monoisotopic (exact) mass is 350 g/mol. The maximum Gasteiger partial charge on any atom is 0.347 e. The summed E-state index contributed by atoms with van der Waals surface area (Å²) in [6.45, 7) is 0. The van der Waals surface area contributed by atoms with Gasteiger partial charge in [0.2, 0.25) is 0 Å². The Hall–Kier alpha value is -3.60. The van der Waals surface area contributed by atoms with Gasteiger partial charge in [-0.2, -0.15) is 5.26 Å². The summed E-state index contributed by atoms with van der Waals surface area (Å²) in [6, 6.07) is 9.19. The number of carbonyl (C=O) groups is 2. The number of anilines is 2. The van der Waals surface area contributed by atoms with Gasteiger partial charge in [-0.15, -0.1) is 10.1 Å². The van der Waals surface area contributed by atoms with Crippen LogP contribution in [0.1, 0.15) is 0 Å². The molecule has 3 amide bonds. The molecule has 3 rings (SSSR count). The van der Waals surface area contributed by atoms with Gasteiger partial charge in [0.05, 0.1) is 16.9 Å². The summed E-state index contributed by atoms with van der Waals surface area (Å²) in [7, 11) is 6.87. The highest BCUT2D eigenvalue weighted by atomic mass is 16.2. The molecular weight excluding hydrogens is 332 g/mol. The number of hydrazone groups is 1. The molecule has 0 atom stereocenters. The number of amides is 3. The number of rotatable bonds is 1. The molecule has 0 fully saturated rings. The van der Waals surface area contributed by atoms with E-state index in [0.29, 0.717) is 5.01 Å². The third kappa shape index (κ3) is 2.59. The maximum absolute atomic E-state index is 12.5. The summed E-state index contributed by atoms with van der Waals surface area (Å²) in [5, 5.41) is 13.8. The quantitative estimate of drug-likeness (QED) is 0.721. The smallest absolute Gasteiger partial charge is 0.329 e. The van der Waals surface area contributed by atoms with Crippen molar-refractivity contribution < 1.29 is 9.59 Å².